The molecule has 3 nitrogen and oxygen atoms in total. The molecule has 0 atom stereocenters. The van der Waals surface area contributed by atoms with Crippen LogP contribution in [0.2, 0.25) is 0 Å². The lowest BCUT2D eigenvalue weighted by molar-refractivity contribution is 0.0817. The maximum absolute atomic E-state index is 10.1. The van der Waals surface area contributed by atoms with Crippen molar-refractivity contribution in [1.29, 1.82) is 0 Å². The Kier molecular flexibility index (Phi) is 3.57. The fourth-order valence-electron chi connectivity index (χ4n) is 2.42. The largest absolute Gasteiger partial charge is 0.385 e. The van der Waals surface area contributed by atoms with Crippen LogP contribution in [-0.4, -0.2) is 35.1 Å². The van der Waals surface area contributed by atoms with Gasteiger partial charge in [0.2, 0.25) is 0 Å². The lowest BCUT2D eigenvalue weighted by Crippen LogP contribution is -2.29. The van der Waals surface area contributed by atoms with Gasteiger partial charge in [0.15, 0.2) is 0 Å². The maximum Gasteiger partial charge on any atom is 0.0963 e. The number of likely N-dealkylation sites (tertiary alicyclic amines) is 1. The number of aryl methyl sites for hydroxylation is 1. The van der Waals surface area contributed by atoms with Gasteiger partial charge in [-0.1, -0.05) is 0 Å². The average molecular weight is 254 g/mol. The maximum atomic E-state index is 10.1. The van der Waals surface area contributed by atoms with E-state index < -0.39 is 5.60 Å². The van der Waals surface area contributed by atoms with Gasteiger partial charge in [0.25, 0.3) is 0 Å². The molecule has 0 aromatic carbocycles. The lowest BCUT2D eigenvalue weighted by Gasteiger charge is -2.27. The minimum Gasteiger partial charge on any atom is -0.385 e. The van der Waals surface area contributed by atoms with Crippen molar-refractivity contribution >= 4 is 11.3 Å². The van der Waals surface area contributed by atoms with E-state index in [2.05, 4.69) is 16.9 Å². The Bertz CT molecular complexity index is 387. The van der Waals surface area contributed by atoms with E-state index >= 15 is 0 Å². The van der Waals surface area contributed by atoms with E-state index in [-0.39, 0.29) is 0 Å². The number of hydrogen-bond donors (Lipinski definition) is 1. The summed E-state index contributed by atoms with van der Waals surface area (Å²) < 4.78 is 0. The van der Waals surface area contributed by atoms with E-state index in [1.807, 2.05) is 20.8 Å². The minimum atomic E-state index is -0.758. The van der Waals surface area contributed by atoms with Crippen LogP contribution in [0.3, 0.4) is 0 Å². The van der Waals surface area contributed by atoms with Gasteiger partial charge in [0, 0.05) is 5.92 Å². The van der Waals surface area contributed by atoms with E-state index in [1.165, 1.54) is 17.8 Å². The Hall–Kier alpha value is -0.450. The van der Waals surface area contributed by atoms with Crippen LogP contribution in [0.4, 0.5) is 0 Å². The molecule has 1 aromatic rings. The van der Waals surface area contributed by atoms with E-state index in [4.69, 9.17) is 0 Å². The van der Waals surface area contributed by atoms with Gasteiger partial charge >= 0.3 is 0 Å². The van der Waals surface area contributed by atoms with Crippen LogP contribution < -0.4 is 0 Å². The zero-order chi connectivity index (χ0) is 12.6. The minimum absolute atomic E-state index is 0.589. The second-order valence-corrected chi connectivity index (χ2v) is 6.63. The molecule has 2 heterocycles. The van der Waals surface area contributed by atoms with Gasteiger partial charge < -0.3 is 10.0 Å². The quantitative estimate of drug-likeness (QED) is 0.881. The van der Waals surface area contributed by atoms with Crippen LogP contribution in [0.5, 0.6) is 0 Å². The van der Waals surface area contributed by atoms with Crippen molar-refractivity contribution in [3.05, 3.63) is 15.6 Å². The molecule has 1 aliphatic heterocycles. The van der Waals surface area contributed by atoms with Gasteiger partial charge in [-0.25, -0.2) is 4.98 Å². The van der Waals surface area contributed by atoms with Crippen molar-refractivity contribution in [2.45, 2.75) is 45.1 Å². The molecule has 17 heavy (non-hydrogen) atoms. The summed E-state index contributed by atoms with van der Waals surface area (Å²) in [5.41, 5.74) is 0.238. The third kappa shape index (κ3) is 2.87. The van der Waals surface area contributed by atoms with Crippen LogP contribution >= 0.6 is 11.3 Å². The molecule has 1 N–H and O–H groups in total. The highest BCUT2D eigenvalue weighted by Gasteiger charge is 2.27. The predicted octanol–water partition coefficient (Wildman–Crippen LogP) is 2.49. The number of aliphatic hydroxyl groups is 1. The predicted molar refractivity (Wildman–Crippen MR) is 71.6 cm³/mol. The molecule has 2 rings (SSSR count). The number of aromatic nitrogens is 1. The summed E-state index contributed by atoms with van der Waals surface area (Å²) in [5, 5.41) is 11.3. The van der Waals surface area contributed by atoms with E-state index in [0.717, 1.165) is 23.7 Å². The summed E-state index contributed by atoms with van der Waals surface area (Å²) in [5.74, 6) is 0.589. The number of nitrogens with zero attached hydrogens (tertiary/aromatic N) is 2. The molecule has 0 radical (unpaired) electrons. The standard InChI is InChI=1S/C13H22N2OS/c1-9-11(13(2,3)16)17-12(14-9)10-5-7-15(4)8-6-10/h10,16H,5-8H2,1-4H3. The van der Waals surface area contributed by atoms with Crippen molar-refractivity contribution < 1.29 is 5.11 Å². The first-order chi connectivity index (χ1) is 7.88. The van der Waals surface area contributed by atoms with Crippen LogP contribution in [0, 0.1) is 6.92 Å². The van der Waals surface area contributed by atoms with E-state index in [0.29, 0.717) is 5.92 Å². The molecule has 0 saturated carbocycles. The van der Waals surface area contributed by atoms with Crippen molar-refractivity contribution in [2.24, 2.45) is 0 Å². The fraction of sp³-hybridized carbons (Fsp3) is 0.769. The summed E-state index contributed by atoms with van der Waals surface area (Å²) >= 11 is 1.69. The Morgan fingerprint density at radius 3 is 2.41 bits per heavy atom. The summed E-state index contributed by atoms with van der Waals surface area (Å²) in [7, 11) is 2.17. The molecular formula is C13H22N2OS. The van der Waals surface area contributed by atoms with E-state index in [1.54, 1.807) is 11.3 Å². The van der Waals surface area contributed by atoms with Gasteiger partial charge in [-0.2, -0.15) is 0 Å². The third-order valence-corrected chi connectivity index (χ3v) is 5.07. The molecule has 96 valence electrons. The molecule has 4 heteroatoms. The number of hydrogen-bond acceptors (Lipinski definition) is 4. The van der Waals surface area contributed by atoms with Gasteiger partial charge in [0.05, 0.1) is 21.2 Å². The highest BCUT2D eigenvalue weighted by Crippen LogP contribution is 2.36. The summed E-state index contributed by atoms with van der Waals surface area (Å²) in [6.07, 6.45) is 2.38. The zero-order valence-corrected chi connectivity index (χ0v) is 12.0. The molecular weight excluding hydrogens is 232 g/mol. The second kappa shape index (κ2) is 4.67. The van der Waals surface area contributed by atoms with Crippen LogP contribution in [0.25, 0.3) is 0 Å². The lowest BCUT2D eigenvalue weighted by atomic mass is 9.98. The third-order valence-electron chi connectivity index (χ3n) is 3.44. The smallest absolute Gasteiger partial charge is 0.0963 e. The highest BCUT2D eigenvalue weighted by atomic mass is 32.1. The van der Waals surface area contributed by atoms with Gasteiger partial charge in [-0.15, -0.1) is 11.3 Å². The van der Waals surface area contributed by atoms with Gasteiger partial charge in [-0.05, 0) is 53.8 Å². The molecule has 1 fully saturated rings. The Morgan fingerprint density at radius 1 is 1.35 bits per heavy atom. The van der Waals surface area contributed by atoms with Crippen LogP contribution in [0.1, 0.15) is 48.2 Å². The number of thiazole rings is 1. The fourth-order valence-corrected chi connectivity index (χ4v) is 3.65. The van der Waals surface area contributed by atoms with Gasteiger partial charge in [-0.3, -0.25) is 0 Å². The van der Waals surface area contributed by atoms with Gasteiger partial charge in [0.1, 0.15) is 0 Å². The molecule has 0 aliphatic carbocycles. The summed E-state index contributed by atoms with van der Waals surface area (Å²) in [4.78, 5) is 8.05. The van der Waals surface area contributed by atoms with Crippen molar-refractivity contribution in [3.8, 4) is 0 Å². The average Bonchev–Trinajstić information content (AvgIpc) is 2.61. The zero-order valence-electron chi connectivity index (χ0n) is 11.2. The number of piperidine rings is 1. The van der Waals surface area contributed by atoms with Crippen LogP contribution in [-0.2, 0) is 5.60 Å². The molecule has 0 unspecified atom stereocenters. The monoisotopic (exact) mass is 254 g/mol. The van der Waals surface area contributed by atoms with Crippen LogP contribution in [0.15, 0.2) is 0 Å². The van der Waals surface area contributed by atoms with Crippen molar-refractivity contribution in [1.82, 2.24) is 9.88 Å². The summed E-state index contributed by atoms with van der Waals surface area (Å²) in [6.45, 7) is 7.99. The topological polar surface area (TPSA) is 36.4 Å². The molecule has 0 spiro atoms. The number of rotatable bonds is 2. The Balaban J connectivity index is 2.18. The highest BCUT2D eigenvalue weighted by molar-refractivity contribution is 7.12. The van der Waals surface area contributed by atoms with Crippen molar-refractivity contribution in [2.75, 3.05) is 20.1 Å². The summed E-state index contributed by atoms with van der Waals surface area (Å²) in [6, 6.07) is 0. The molecule has 1 aliphatic rings. The van der Waals surface area contributed by atoms with E-state index in [9.17, 15) is 5.11 Å². The molecule has 0 bridgehead atoms. The first-order valence-corrected chi connectivity index (χ1v) is 7.08. The first-order valence-electron chi connectivity index (χ1n) is 6.26. The normalized spacial score (nSPS) is 19.8. The molecule has 1 aromatic heterocycles. The molecule has 1 saturated heterocycles. The second-order valence-electron chi connectivity index (χ2n) is 5.60. The Morgan fingerprint density at radius 2 is 1.94 bits per heavy atom. The Labute approximate surface area is 107 Å². The van der Waals surface area contributed by atoms with Crippen molar-refractivity contribution in [3.63, 3.8) is 0 Å². The SMILES string of the molecule is Cc1nc(C2CCN(C)CC2)sc1C(C)(C)O. The molecule has 0 amide bonds. The first kappa shape index (κ1) is 13.0.